The highest BCUT2D eigenvalue weighted by Crippen LogP contribution is 2.30. The van der Waals surface area contributed by atoms with E-state index in [2.05, 4.69) is 23.2 Å². The fourth-order valence-electron chi connectivity index (χ4n) is 2.52. The van der Waals surface area contributed by atoms with Gasteiger partial charge in [0.15, 0.2) is 0 Å². The minimum atomic E-state index is 0.797. The summed E-state index contributed by atoms with van der Waals surface area (Å²) in [5.41, 5.74) is 13.0. The molecule has 1 heterocycles. The van der Waals surface area contributed by atoms with Gasteiger partial charge in [-0.3, -0.25) is 4.98 Å². The lowest BCUT2D eigenvalue weighted by Gasteiger charge is -2.09. The summed E-state index contributed by atoms with van der Waals surface area (Å²) in [6.45, 7) is 2.02. The Bertz CT molecular complexity index is 573. The second kappa shape index (κ2) is 3.88. The first-order chi connectivity index (χ1) is 8.25. The maximum atomic E-state index is 6.10. The van der Waals surface area contributed by atoms with Crippen molar-refractivity contribution in [3.8, 4) is 11.3 Å². The topological polar surface area (TPSA) is 38.9 Å². The maximum Gasteiger partial charge on any atom is 0.0933 e. The molecule has 3 rings (SSSR count). The number of aryl methyl sites for hydroxylation is 3. The molecule has 0 saturated heterocycles. The van der Waals surface area contributed by atoms with Crippen molar-refractivity contribution in [1.82, 2.24) is 4.98 Å². The molecule has 0 fully saturated rings. The summed E-state index contributed by atoms with van der Waals surface area (Å²) >= 11 is 0. The number of anilines is 1. The fraction of sp³-hybridized carbons (Fsp3) is 0.267. The summed E-state index contributed by atoms with van der Waals surface area (Å²) in [7, 11) is 0. The highest BCUT2D eigenvalue weighted by molar-refractivity contribution is 5.75. The van der Waals surface area contributed by atoms with Gasteiger partial charge in [-0.05, 0) is 55.0 Å². The van der Waals surface area contributed by atoms with Gasteiger partial charge in [0.2, 0.25) is 0 Å². The SMILES string of the molecule is Cc1ccnc(-c2ccc3c(c2)CCC3)c1N. The molecule has 0 unspecified atom stereocenters. The van der Waals surface area contributed by atoms with E-state index < -0.39 is 0 Å². The number of nitrogens with two attached hydrogens (primary N) is 1. The van der Waals surface area contributed by atoms with Crippen LogP contribution in [0.3, 0.4) is 0 Å². The fourth-order valence-corrected chi connectivity index (χ4v) is 2.52. The molecule has 2 N–H and O–H groups in total. The standard InChI is InChI=1S/C15H16N2/c1-10-7-8-17-15(14(10)16)13-6-5-11-3-2-4-12(11)9-13/h5-9H,2-4,16H2,1H3. The van der Waals surface area contributed by atoms with Crippen LogP contribution in [-0.2, 0) is 12.8 Å². The molecule has 2 heteroatoms. The summed E-state index contributed by atoms with van der Waals surface area (Å²) < 4.78 is 0. The molecule has 0 atom stereocenters. The Hall–Kier alpha value is -1.83. The molecule has 0 spiro atoms. The first-order valence-electron chi connectivity index (χ1n) is 6.09. The monoisotopic (exact) mass is 224 g/mol. The Morgan fingerprint density at radius 3 is 2.82 bits per heavy atom. The molecule has 0 saturated carbocycles. The molecule has 0 bridgehead atoms. The molecule has 0 aliphatic heterocycles. The normalized spacial score (nSPS) is 13.7. The van der Waals surface area contributed by atoms with E-state index in [-0.39, 0.29) is 0 Å². The Kier molecular flexibility index (Phi) is 2.36. The molecule has 2 nitrogen and oxygen atoms in total. The number of benzene rings is 1. The van der Waals surface area contributed by atoms with Gasteiger partial charge in [-0.15, -0.1) is 0 Å². The largest absolute Gasteiger partial charge is 0.397 e. The van der Waals surface area contributed by atoms with Crippen LogP contribution >= 0.6 is 0 Å². The van der Waals surface area contributed by atoms with Crippen molar-refractivity contribution >= 4 is 5.69 Å². The molecule has 0 radical (unpaired) electrons. The third kappa shape index (κ3) is 1.70. The van der Waals surface area contributed by atoms with Crippen molar-refractivity contribution in [2.45, 2.75) is 26.2 Å². The number of rotatable bonds is 1. The van der Waals surface area contributed by atoms with Crippen LogP contribution in [0.4, 0.5) is 5.69 Å². The number of hydrogen-bond acceptors (Lipinski definition) is 2. The highest BCUT2D eigenvalue weighted by atomic mass is 14.7. The third-order valence-electron chi connectivity index (χ3n) is 3.58. The van der Waals surface area contributed by atoms with Crippen LogP contribution in [0, 0.1) is 6.92 Å². The van der Waals surface area contributed by atoms with Crippen molar-refractivity contribution in [3.63, 3.8) is 0 Å². The minimum absolute atomic E-state index is 0.797. The van der Waals surface area contributed by atoms with Crippen molar-refractivity contribution < 1.29 is 0 Å². The average molecular weight is 224 g/mol. The van der Waals surface area contributed by atoms with Crippen LogP contribution in [0.1, 0.15) is 23.1 Å². The van der Waals surface area contributed by atoms with E-state index in [1.165, 1.54) is 30.4 Å². The summed E-state index contributed by atoms with van der Waals surface area (Å²) in [4.78, 5) is 4.41. The zero-order valence-corrected chi connectivity index (χ0v) is 10.0. The van der Waals surface area contributed by atoms with E-state index >= 15 is 0 Å². The maximum absolute atomic E-state index is 6.10. The number of pyridine rings is 1. The van der Waals surface area contributed by atoms with E-state index in [0.29, 0.717) is 0 Å². The Morgan fingerprint density at radius 2 is 1.94 bits per heavy atom. The van der Waals surface area contributed by atoms with Crippen molar-refractivity contribution in [2.75, 3.05) is 5.73 Å². The smallest absolute Gasteiger partial charge is 0.0933 e. The molecule has 17 heavy (non-hydrogen) atoms. The summed E-state index contributed by atoms with van der Waals surface area (Å²) in [5.74, 6) is 0. The van der Waals surface area contributed by atoms with Gasteiger partial charge in [0, 0.05) is 11.8 Å². The molecule has 0 amide bonds. The highest BCUT2D eigenvalue weighted by Gasteiger charge is 2.13. The number of nitrogen functional groups attached to an aromatic ring is 1. The van der Waals surface area contributed by atoms with Crippen LogP contribution in [0.2, 0.25) is 0 Å². The van der Waals surface area contributed by atoms with Crippen LogP contribution in [0.5, 0.6) is 0 Å². The summed E-state index contributed by atoms with van der Waals surface area (Å²) in [6.07, 6.45) is 5.50. The number of nitrogens with zero attached hydrogens (tertiary/aromatic N) is 1. The predicted molar refractivity (Wildman–Crippen MR) is 70.8 cm³/mol. The quantitative estimate of drug-likeness (QED) is 0.808. The van der Waals surface area contributed by atoms with Gasteiger partial charge in [-0.1, -0.05) is 12.1 Å². The average Bonchev–Trinajstić information content (AvgIpc) is 2.79. The molecular formula is C15H16N2. The number of hydrogen-bond donors (Lipinski definition) is 1. The first-order valence-corrected chi connectivity index (χ1v) is 6.09. The first kappa shape index (κ1) is 10.3. The van der Waals surface area contributed by atoms with E-state index in [0.717, 1.165) is 22.5 Å². The predicted octanol–water partition coefficient (Wildman–Crippen LogP) is 3.13. The molecule has 1 aliphatic carbocycles. The molecule has 1 aromatic heterocycles. The molecule has 1 aliphatic rings. The van der Waals surface area contributed by atoms with Gasteiger partial charge in [-0.2, -0.15) is 0 Å². The van der Waals surface area contributed by atoms with Gasteiger partial charge in [-0.25, -0.2) is 0 Å². The van der Waals surface area contributed by atoms with E-state index in [4.69, 9.17) is 5.73 Å². The lowest BCUT2D eigenvalue weighted by atomic mass is 10.0. The lowest BCUT2D eigenvalue weighted by Crippen LogP contribution is -1.96. The Balaban J connectivity index is 2.13. The van der Waals surface area contributed by atoms with Crippen LogP contribution in [-0.4, -0.2) is 4.98 Å². The second-order valence-corrected chi connectivity index (χ2v) is 4.73. The third-order valence-corrected chi connectivity index (χ3v) is 3.58. The Labute approximate surface area is 102 Å². The number of fused-ring (bicyclic) bond motifs is 1. The lowest BCUT2D eigenvalue weighted by molar-refractivity contribution is 0.912. The summed E-state index contributed by atoms with van der Waals surface area (Å²) in [6, 6.07) is 8.57. The van der Waals surface area contributed by atoms with Gasteiger partial charge in [0.1, 0.15) is 0 Å². The van der Waals surface area contributed by atoms with E-state index in [1.807, 2.05) is 19.2 Å². The second-order valence-electron chi connectivity index (χ2n) is 4.73. The van der Waals surface area contributed by atoms with Crippen LogP contribution < -0.4 is 5.73 Å². The Morgan fingerprint density at radius 1 is 1.12 bits per heavy atom. The molecule has 2 aromatic rings. The van der Waals surface area contributed by atoms with Crippen molar-refractivity contribution in [1.29, 1.82) is 0 Å². The van der Waals surface area contributed by atoms with Gasteiger partial charge < -0.3 is 5.73 Å². The van der Waals surface area contributed by atoms with Gasteiger partial charge in [0.05, 0.1) is 11.4 Å². The van der Waals surface area contributed by atoms with E-state index in [1.54, 1.807) is 0 Å². The molecular weight excluding hydrogens is 208 g/mol. The van der Waals surface area contributed by atoms with Gasteiger partial charge in [0.25, 0.3) is 0 Å². The summed E-state index contributed by atoms with van der Waals surface area (Å²) in [5, 5.41) is 0. The molecule has 86 valence electrons. The zero-order valence-electron chi connectivity index (χ0n) is 10.0. The zero-order chi connectivity index (χ0) is 11.8. The minimum Gasteiger partial charge on any atom is -0.397 e. The molecule has 1 aromatic carbocycles. The number of aromatic nitrogens is 1. The van der Waals surface area contributed by atoms with Crippen LogP contribution in [0.15, 0.2) is 30.5 Å². The van der Waals surface area contributed by atoms with Gasteiger partial charge >= 0.3 is 0 Å². The van der Waals surface area contributed by atoms with Crippen molar-refractivity contribution in [2.24, 2.45) is 0 Å². The van der Waals surface area contributed by atoms with Crippen LogP contribution in [0.25, 0.3) is 11.3 Å². The van der Waals surface area contributed by atoms with E-state index in [9.17, 15) is 0 Å². The van der Waals surface area contributed by atoms with Crippen molar-refractivity contribution in [3.05, 3.63) is 47.2 Å².